The highest BCUT2D eigenvalue weighted by atomic mass is 16.5. The average Bonchev–Trinajstić information content (AvgIpc) is 2.52. The molecule has 2 aliphatic rings. The first-order valence-electron chi connectivity index (χ1n) is 7.06. The van der Waals surface area contributed by atoms with Crippen molar-refractivity contribution >= 4 is 11.8 Å². The molecule has 3 rings (SSSR count). The number of Topliss-reactive ketones (excluding diaryl/α,β-unsaturated/α-hetero) is 1. The summed E-state index contributed by atoms with van der Waals surface area (Å²) in [6.07, 6.45) is 2.68. The number of ether oxygens (including phenoxy) is 3. The monoisotopic (exact) mass is 316 g/mol. The molecule has 0 saturated heterocycles. The molecule has 1 aliphatic heterocycles. The standard InChI is InChI=1S/C17H16O6/c1-8-4-11(18)15-12(5-8)23-13-7-9(21-2)6-10(17(20)22-3)14(13)16(15)19/h4-7,12,15,18H,1-3H3. The molecule has 1 N–H and O–H groups in total. The summed E-state index contributed by atoms with van der Waals surface area (Å²) in [5.74, 6) is -1.35. The van der Waals surface area contributed by atoms with Crippen LogP contribution in [0.1, 0.15) is 27.6 Å². The molecule has 6 nitrogen and oxygen atoms in total. The summed E-state index contributed by atoms with van der Waals surface area (Å²) in [4.78, 5) is 24.9. The lowest BCUT2D eigenvalue weighted by Gasteiger charge is -2.33. The molecule has 0 radical (unpaired) electrons. The molecule has 1 heterocycles. The molecule has 6 heteroatoms. The molecular weight excluding hydrogens is 300 g/mol. The summed E-state index contributed by atoms with van der Waals surface area (Å²) in [6.45, 7) is 1.81. The van der Waals surface area contributed by atoms with Gasteiger partial charge in [-0.3, -0.25) is 4.79 Å². The molecule has 0 fully saturated rings. The smallest absolute Gasteiger partial charge is 0.338 e. The minimum Gasteiger partial charge on any atom is -0.511 e. The van der Waals surface area contributed by atoms with Crippen LogP contribution in [0.5, 0.6) is 11.5 Å². The van der Waals surface area contributed by atoms with E-state index in [1.807, 2.05) is 0 Å². The Hall–Kier alpha value is -2.76. The van der Waals surface area contributed by atoms with Crippen molar-refractivity contribution in [3.05, 3.63) is 46.7 Å². The van der Waals surface area contributed by atoms with Gasteiger partial charge in [-0.25, -0.2) is 4.79 Å². The summed E-state index contributed by atoms with van der Waals surface area (Å²) < 4.78 is 15.7. The van der Waals surface area contributed by atoms with E-state index in [4.69, 9.17) is 14.2 Å². The number of fused-ring (bicyclic) bond motifs is 2. The number of benzene rings is 1. The van der Waals surface area contributed by atoms with Gasteiger partial charge in [0.15, 0.2) is 5.78 Å². The molecule has 2 atom stereocenters. The van der Waals surface area contributed by atoms with E-state index in [0.29, 0.717) is 5.75 Å². The van der Waals surface area contributed by atoms with Gasteiger partial charge < -0.3 is 19.3 Å². The first-order valence-corrected chi connectivity index (χ1v) is 7.06. The summed E-state index contributed by atoms with van der Waals surface area (Å²) in [6, 6.07) is 2.98. The fraction of sp³-hybridized carbons (Fsp3) is 0.294. The van der Waals surface area contributed by atoms with E-state index in [9.17, 15) is 14.7 Å². The lowest BCUT2D eigenvalue weighted by atomic mass is 9.82. The summed E-state index contributed by atoms with van der Waals surface area (Å²) in [7, 11) is 2.69. The molecule has 1 aromatic rings. The zero-order chi connectivity index (χ0) is 16.7. The average molecular weight is 316 g/mol. The third kappa shape index (κ3) is 2.36. The van der Waals surface area contributed by atoms with Gasteiger partial charge in [-0.1, -0.05) is 0 Å². The number of allylic oxidation sites excluding steroid dienone is 2. The van der Waals surface area contributed by atoms with Crippen molar-refractivity contribution in [3.8, 4) is 11.5 Å². The van der Waals surface area contributed by atoms with Crippen LogP contribution in [0.15, 0.2) is 35.6 Å². The van der Waals surface area contributed by atoms with Gasteiger partial charge in [0.25, 0.3) is 0 Å². The predicted molar refractivity (Wildman–Crippen MR) is 81.0 cm³/mol. The molecule has 0 spiro atoms. The van der Waals surface area contributed by atoms with Gasteiger partial charge in [-0.15, -0.1) is 0 Å². The third-order valence-electron chi connectivity index (χ3n) is 3.96. The Morgan fingerprint density at radius 2 is 2.04 bits per heavy atom. The van der Waals surface area contributed by atoms with E-state index in [1.165, 1.54) is 26.4 Å². The van der Waals surface area contributed by atoms with Gasteiger partial charge in [0.05, 0.1) is 25.3 Å². The van der Waals surface area contributed by atoms with Gasteiger partial charge in [0.1, 0.15) is 29.3 Å². The Labute approximate surface area is 133 Å². The second-order valence-electron chi connectivity index (χ2n) is 5.44. The van der Waals surface area contributed by atoms with Gasteiger partial charge in [0.2, 0.25) is 0 Å². The number of rotatable bonds is 2. The number of carbonyl (C=O) groups is 2. The van der Waals surface area contributed by atoms with E-state index in [-0.39, 0.29) is 28.4 Å². The van der Waals surface area contributed by atoms with Crippen molar-refractivity contribution in [2.75, 3.05) is 14.2 Å². The number of carbonyl (C=O) groups excluding carboxylic acids is 2. The molecule has 2 unspecified atom stereocenters. The maximum atomic E-state index is 12.9. The van der Waals surface area contributed by atoms with Crippen LogP contribution in [0.25, 0.3) is 0 Å². The van der Waals surface area contributed by atoms with E-state index >= 15 is 0 Å². The van der Waals surface area contributed by atoms with Crippen LogP contribution >= 0.6 is 0 Å². The van der Waals surface area contributed by atoms with E-state index in [0.717, 1.165) is 5.57 Å². The highest BCUT2D eigenvalue weighted by molar-refractivity contribution is 6.11. The predicted octanol–water partition coefficient (Wildman–Crippen LogP) is 2.44. The van der Waals surface area contributed by atoms with Crippen molar-refractivity contribution in [1.29, 1.82) is 0 Å². The lowest BCUT2D eigenvalue weighted by Crippen LogP contribution is -2.40. The molecular formula is C17H16O6. The highest BCUT2D eigenvalue weighted by Gasteiger charge is 2.43. The van der Waals surface area contributed by atoms with Crippen LogP contribution in [-0.2, 0) is 4.74 Å². The van der Waals surface area contributed by atoms with E-state index in [1.54, 1.807) is 19.1 Å². The molecule has 1 aliphatic carbocycles. The highest BCUT2D eigenvalue weighted by Crippen LogP contribution is 2.40. The fourth-order valence-corrected chi connectivity index (χ4v) is 2.91. The van der Waals surface area contributed by atoms with E-state index < -0.39 is 18.0 Å². The normalized spacial score (nSPS) is 22.1. The maximum absolute atomic E-state index is 12.9. The second-order valence-corrected chi connectivity index (χ2v) is 5.44. The van der Waals surface area contributed by atoms with Crippen LogP contribution < -0.4 is 9.47 Å². The Bertz CT molecular complexity index is 759. The molecule has 0 amide bonds. The first-order chi connectivity index (χ1) is 11.0. The van der Waals surface area contributed by atoms with Crippen LogP contribution in [0.2, 0.25) is 0 Å². The van der Waals surface area contributed by atoms with Crippen molar-refractivity contribution in [2.24, 2.45) is 5.92 Å². The topological polar surface area (TPSA) is 82.1 Å². The SMILES string of the molecule is COC(=O)c1cc(OC)cc2c1C(=O)C1C(O)=CC(C)=CC1O2. The maximum Gasteiger partial charge on any atom is 0.338 e. The number of hydrogen-bond donors (Lipinski definition) is 1. The molecule has 120 valence electrons. The lowest BCUT2D eigenvalue weighted by molar-refractivity contribution is 0.0580. The minimum absolute atomic E-state index is 0.0596. The molecule has 0 aromatic heterocycles. The number of aliphatic hydroxyl groups excluding tert-OH is 1. The molecule has 1 aromatic carbocycles. The van der Waals surface area contributed by atoms with Crippen LogP contribution in [0.3, 0.4) is 0 Å². The van der Waals surface area contributed by atoms with Gasteiger partial charge in [-0.2, -0.15) is 0 Å². The summed E-state index contributed by atoms with van der Waals surface area (Å²) in [5.41, 5.74) is 0.965. The van der Waals surface area contributed by atoms with Gasteiger partial charge in [-0.05, 0) is 30.7 Å². The number of ketones is 1. The zero-order valence-corrected chi connectivity index (χ0v) is 13.0. The quantitative estimate of drug-likeness (QED) is 0.844. The first kappa shape index (κ1) is 15.1. The Morgan fingerprint density at radius 3 is 2.70 bits per heavy atom. The van der Waals surface area contributed by atoms with Crippen LogP contribution in [-0.4, -0.2) is 37.2 Å². The van der Waals surface area contributed by atoms with Crippen LogP contribution in [0, 0.1) is 5.92 Å². The Morgan fingerprint density at radius 1 is 1.30 bits per heavy atom. The number of methoxy groups -OCH3 is 2. The van der Waals surface area contributed by atoms with Crippen molar-refractivity contribution in [3.63, 3.8) is 0 Å². The van der Waals surface area contributed by atoms with Crippen LogP contribution in [0.4, 0.5) is 0 Å². The molecule has 23 heavy (non-hydrogen) atoms. The van der Waals surface area contributed by atoms with Crippen molar-refractivity contribution in [2.45, 2.75) is 13.0 Å². The van der Waals surface area contributed by atoms with Crippen molar-refractivity contribution < 1.29 is 28.9 Å². The Balaban J connectivity index is 2.19. The summed E-state index contributed by atoms with van der Waals surface area (Å²) >= 11 is 0. The largest absolute Gasteiger partial charge is 0.511 e. The minimum atomic E-state index is -0.858. The van der Waals surface area contributed by atoms with E-state index in [2.05, 4.69) is 0 Å². The van der Waals surface area contributed by atoms with Crippen molar-refractivity contribution in [1.82, 2.24) is 0 Å². The fourth-order valence-electron chi connectivity index (χ4n) is 2.91. The van der Waals surface area contributed by atoms with Gasteiger partial charge in [0, 0.05) is 6.07 Å². The second kappa shape index (κ2) is 5.46. The Kier molecular flexibility index (Phi) is 3.60. The molecule has 0 saturated carbocycles. The summed E-state index contributed by atoms with van der Waals surface area (Å²) in [5, 5.41) is 10.1. The number of hydrogen-bond acceptors (Lipinski definition) is 6. The van der Waals surface area contributed by atoms with Gasteiger partial charge >= 0.3 is 5.97 Å². The zero-order valence-electron chi connectivity index (χ0n) is 13.0. The third-order valence-corrected chi connectivity index (χ3v) is 3.96. The molecule has 0 bridgehead atoms. The number of esters is 1. The number of aliphatic hydroxyl groups is 1.